The second-order valence-corrected chi connectivity index (χ2v) is 5.94. The standard InChI is InChI=1S/C8H19N2O2P.2C2H6/c1-3-12-13(2,11)10-6-4-8(9)5-7-10;2*1-2/h8H,3-7,9H2,1-2H3;2*1-2H3. The second-order valence-electron chi connectivity index (χ2n) is 3.51. The minimum absolute atomic E-state index is 0.276. The van der Waals surface area contributed by atoms with Gasteiger partial charge in [0.2, 0.25) is 0 Å². The molecular weight excluding hydrogens is 235 g/mol. The molecule has 0 saturated carbocycles. The Bertz CT molecular complexity index is 205. The van der Waals surface area contributed by atoms with Crippen molar-refractivity contribution in [2.24, 2.45) is 5.73 Å². The molecule has 0 radical (unpaired) electrons. The lowest BCUT2D eigenvalue weighted by atomic mass is 10.1. The average Bonchev–Trinajstić information content (AvgIpc) is 2.35. The summed E-state index contributed by atoms with van der Waals surface area (Å²) in [6.45, 7) is 13.7. The maximum absolute atomic E-state index is 11.9. The van der Waals surface area contributed by atoms with Gasteiger partial charge in [-0.2, -0.15) is 0 Å². The van der Waals surface area contributed by atoms with Crippen molar-refractivity contribution in [2.45, 2.75) is 53.5 Å². The summed E-state index contributed by atoms with van der Waals surface area (Å²) in [5, 5.41) is 0. The van der Waals surface area contributed by atoms with Gasteiger partial charge in [0.05, 0.1) is 6.61 Å². The molecule has 0 aliphatic carbocycles. The molecule has 5 heteroatoms. The number of nitrogens with two attached hydrogens (primary N) is 1. The number of hydrogen-bond acceptors (Lipinski definition) is 3. The van der Waals surface area contributed by atoms with Crippen LogP contribution < -0.4 is 5.73 Å². The summed E-state index contributed by atoms with van der Waals surface area (Å²) in [6, 6.07) is 0.276. The normalized spacial score (nSPS) is 20.4. The van der Waals surface area contributed by atoms with Gasteiger partial charge in [0.1, 0.15) is 0 Å². The van der Waals surface area contributed by atoms with Crippen LogP contribution in [0.1, 0.15) is 47.5 Å². The molecule has 0 spiro atoms. The van der Waals surface area contributed by atoms with Gasteiger partial charge in [-0.05, 0) is 19.8 Å². The summed E-state index contributed by atoms with van der Waals surface area (Å²) in [5.41, 5.74) is 5.76. The van der Waals surface area contributed by atoms with Crippen LogP contribution in [0.5, 0.6) is 0 Å². The summed E-state index contributed by atoms with van der Waals surface area (Å²) in [6.07, 6.45) is 1.84. The molecule has 0 aromatic carbocycles. The van der Waals surface area contributed by atoms with Crippen LogP contribution in [-0.2, 0) is 9.09 Å². The van der Waals surface area contributed by atoms with Crippen molar-refractivity contribution < 1.29 is 9.09 Å². The highest BCUT2D eigenvalue weighted by atomic mass is 31.2. The van der Waals surface area contributed by atoms with E-state index < -0.39 is 7.52 Å². The Labute approximate surface area is 107 Å². The maximum Gasteiger partial charge on any atom is 0.269 e. The molecule has 1 unspecified atom stereocenters. The summed E-state index contributed by atoms with van der Waals surface area (Å²) in [5.74, 6) is 0. The molecule has 1 saturated heterocycles. The molecule has 1 atom stereocenters. The Balaban J connectivity index is 0. The highest BCUT2D eigenvalue weighted by Gasteiger charge is 2.28. The Kier molecular flexibility index (Phi) is 12.8. The first-order valence-electron chi connectivity index (χ1n) is 6.79. The van der Waals surface area contributed by atoms with E-state index in [0.29, 0.717) is 6.61 Å². The van der Waals surface area contributed by atoms with E-state index in [0.717, 1.165) is 25.9 Å². The van der Waals surface area contributed by atoms with Crippen molar-refractivity contribution in [1.82, 2.24) is 4.67 Å². The lowest BCUT2D eigenvalue weighted by Gasteiger charge is -2.33. The molecule has 1 aliphatic heterocycles. The van der Waals surface area contributed by atoms with E-state index in [1.165, 1.54) is 0 Å². The smallest absolute Gasteiger partial charge is 0.269 e. The van der Waals surface area contributed by atoms with Crippen molar-refractivity contribution in [3.63, 3.8) is 0 Å². The van der Waals surface area contributed by atoms with Gasteiger partial charge in [-0.1, -0.05) is 27.7 Å². The quantitative estimate of drug-likeness (QED) is 0.796. The molecular formula is C12H31N2O2P. The Morgan fingerprint density at radius 2 is 1.65 bits per heavy atom. The third-order valence-corrected chi connectivity index (χ3v) is 4.56. The van der Waals surface area contributed by atoms with Crippen molar-refractivity contribution in [3.05, 3.63) is 0 Å². The van der Waals surface area contributed by atoms with Crippen LogP contribution in [-0.4, -0.2) is 37.1 Å². The number of nitrogens with zero attached hydrogens (tertiary/aromatic N) is 1. The lowest BCUT2D eigenvalue weighted by Crippen LogP contribution is -2.38. The highest BCUT2D eigenvalue weighted by Crippen LogP contribution is 2.47. The van der Waals surface area contributed by atoms with Crippen LogP contribution in [0.4, 0.5) is 0 Å². The molecule has 2 N–H and O–H groups in total. The minimum Gasteiger partial charge on any atom is -0.328 e. The van der Waals surface area contributed by atoms with Gasteiger partial charge in [-0.15, -0.1) is 0 Å². The van der Waals surface area contributed by atoms with Crippen molar-refractivity contribution in [3.8, 4) is 0 Å². The van der Waals surface area contributed by atoms with Crippen LogP contribution in [0.15, 0.2) is 0 Å². The van der Waals surface area contributed by atoms with E-state index in [9.17, 15) is 4.57 Å². The van der Waals surface area contributed by atoms with Crippen LogP contribution in [0.25, 0.3) is 0 Å². The van der Waals surface area contributed by atoms with E-state index in [1.807, 2.05) is 39.3 Å². The predicted octanol–water partition coefficient (Wildman–Crippen LogP) is 3.32. The second kappa shape index (κ2) is 11.2. The Hall–Kier alpha value is 0.110. The molecule has 0 amide bonds. The monoisotopic (exact) mass is 266 g/mol. The molecule has 1 heterocycles. The zero-order chi connectivity index (χ0) is 13.9. The molecule has 0 aromatic heterocycles. The molecule has 1 fully saturated rings. The van der Waals surface area contributed by atoms with Crippen molar-refractivity contribution >= 4 is 7.52 Å². The molecule has 4 nitrogen and oxygen atoms in total. The van der Waals surface area contributed by atoms with E-state index >= 15 is 0 Å². The third-order valence-electron chi connectivity index (χ3n) is 2.40. The molecule has 1 rings (SSSR count). The summed E-state index contributed by atoms with van der Waals surface area (Å²) < 4.78 is 19.1. The van der Waals surface area contributed by atoms with Gasteiger partial charge in [0.15, 0.2) is 0 Å². The van der Waals surface area contributed by atoms with Gasteiger partial charge in [0.25, 0.3) is 7.52 Å². The lowest BCUT2D eigenvalue weighted by molar-refractivity contribution is 0.246. The molecule has 0 aromatic rings. The fraction of sp³-hybridized carbons (Fsp3) is 1.00. The topological polar surface area (TPSA) is 55.6 Å². The van der Waals surface area contributed by atoms with Crippen LogP contribution in [0.3, 0.4) is 0 Å². The minimum atomic E-state index is -2.52. The number of hydrogen-bond donors (Lipinski definition) is 1. The highest BCUT2D eigenvalue weighted by molar-refractivity contribution is 7.55. The van der Waals surface area contributed by atoms with Gasteiger partial charge < -0.3 is 10.3 Å². The molecule has 17 heavy (non-hydrogen) atoms. The van der Waals surface area contributed by atoms with Gasteiger partial charge in [0, 0.05) is 25.8 Å². The third kappa shape index (κ3) is 7.93. The van der Waals surface area contributed by atoms with Crippen LogP contribution in [0, 0.1) is 0 Å². The largest absolute Gasteiger partial charge is 0.328 e. The molecule has 0 bridgehead atoms. The average molecular weight is 266 g/mol. The summed E-state index contributed by atoms with van der Waals surface area (Å²) in [7, 11) is -2.52. The zero-order valence-electron chi connectivity index (χ0n) is 12.4. The van der Waals surface area contributed by atoms with Gasteiger partial charge >= 0.3 is 0 Å². The fourth-order valence-electron chi connectivity index (χ4n) is 1.57. The van der Waals surface area contributed by atoms with E-state index in [2.05, 4.69) is 0 Å². The molecule has 106 valence electrons. The maximum atomic E-state index is 11.9. The van der Waals surface area contributed by atoms with Gasteiger partial charge in [-0.3, -0.25) is 4.57 Å². The SMILES string of the molecule is CC.CC.CCOP(C)(=O)N1CCC(N)CC1. The fourth-order valence-corrected chi connectivity index (χ4v) is 3.17. The summed E-state index contributed by atoms with van der Waals surface area (Å²) in [4.78, 5) is 0. The van der Waals surface area contributed by atoms with Crippen LogP contribution >= 0.6 is 7.52 Å². The van der Waals surface area contributed by atoms with E-state index in [4.69, 9.17) is 10.3 Å². The predicted molar refractivity (Wildman–Crippen MR) is 76.6 cm³/mol. The first-order valence-corrected chi connectivity index (χ1v) is 8.82. The van der Waals surface area contributed by atoms with Crippen molar-refractivity contribution in [2.75, 3.05) is 26.4 Å². The van der Waals surface area contributed by atoms with E-state index in [1.54, 1.807) is 6.66 Å². The first kappa shape index (κ1) is 19.4. The summed E-state index contributed by atoms with van der Waals surface area (Å²) >= 11 is 0. The zero-order valence-corrected chi connectivity index (χ0v) is 13.3. The first-order chi connectivity index (χ1) is 8.06. The van der Waals surface area contributed by atoms with E-state index in [-0.39, 0.29) is 6.04 Å². The molecule has 1 aliphatic rings. The number of piperidine rings is 1. The van der Waals surface area contributed by atoms with Gasteiger partial charge in [-0.25, -0.2) is 4.67 Å². The van der Waals surface area contributed by atoms with Crippen LogP contribution in [0.2, 0.25) is 0 Å². The van der Waals surface area contributed by atoms with Crippen molar-refractivity contribution in [1.29, 1.82) is 0 Å². The number of rotatable bonds is 3. The Morgan fingerprint density at radius 1 is 1.24 bits per heavy atom. The Morgan fingerprint density at radius 3 is 2.00 bits per heavy atom.